The number of ketones is 1. The average Bonchev–Trinajstić information content (AvgIpc) is 2.05. The maximum atomic E-state index is 10.7. The summed E-state index contributed by atoms with van der Waals surface area (Å²) < 4.78 is 0. The predicted molar refractivity (Wildman–Crippen MR) is 35.2 cm³/mol. The number of Topliss-reactive ketones (excluding diaryl/α,β-unsaturated/α-hetero) is 1. The Labute approximate surface area is 58.1 Å². The summed E-state index contributed by atoms with van der Waals surface area (Å²) in [6, 6.07) is 1.62. The highest BCUT2D eigenvalue weighted by Gasteiger charge is 2.01. The first-order valence-corrected chi connectivity index (χ1v) is 2.62. The Kier molecular flexibility index (Phi) is 1.76. The van der Waals surface area contributed by atoms with Crippen LogP contribution in [0.1, 0.15) is 10.6 Å². The maximum Gasteiger partial charge on any atom is 0.272 e. The molecule has 0 aromatic carbocycles. The fraction of sp³-hybridized carbons (Fsp3) is 0. The third-order valence-electron chi connectivity index (χ3n) is 0.900. The van der Waals surface area contributed by atoms with Crippen LogP contribution in [0.4, 0.5) is 0 Å². The second kappa shape index (κ2) is 2.74. The van der Waals surface area contributed by atoms with E-state index in [4.69, 9.17) is 6.42 Å². The van der Waals surface area contributed by atoms with Gasteiger partial charge in [0.05, 0.1) is 0 Å². The average molecular weight is 132 g/mol. The zero-order valence-electron chi connectivity index (χ0n) is 5.11. The van der Waals surface area contributed by atoms with Gasteiger partial charge in [0, 0.05) is 12.4 Å². The van der Waals surface area contributed by atoms with E-state index in [2.05, 4.69) is 9.97 Å². The van der Waals surface area contributed by atoms with Gasteiger partial charge in [0.2, 0.25) is 5.82 Å². The Bertz CT molecular complexity index is 273. The molecule has 1 aromatic rings. The van der Waals surface area contributed by atoms with Crippen molar-refractivity contribution in [3.8, 4) is 12.3 Å². The lowest BCUT2D eigenvalue weighted by Gasteiger charge is -1.86. The minimum absolute atomic E-state index is 0.0741. The highest BCUT2D eigenvalue weighted by atomic mass is 16.1. The van der Waals surface area contributed by atoms with E-state index in [1.54, 1.807) is 6.07 Å². The molecule has 0 saturated carbocycles. The standard InChI is InChI=1S/C7H4N2O/c1-2-6(10)7-8-4-3-5-9-7/h1,3-5H. The second-order valence-corrected chi connectivity index (χ2v) is 1.55. The van der Waals surface area contributed by atoms with Crippen molar-refractivity contribution in [1.82, 2.24) is 9.97 Å². The Morgan fingerprint density at radius 2 is 2.10 bits per heavy atom. The molecule has 0 unspecified atom stereocenters. The number of carbonyl (C=O) groups excluding carboxylic acids is 1. The Morgan fingerprint density at radius 3 is 2.60 bits per heavy atom. The van der Waals surface area contributed by atoms with E-state index in [-0.39, 0.29) is 5.82 Å². The highest BCUT2D eigenvalue weighted by Crippen LogP contribution is 1.86. The third kappa shape index (κ3) is 1.17. The molecule has 1 aromatic heterocycles. The first-order valence-electron chi connectivity index (χ1n) is 2.62. The van der Waals surface area contributed by atoms with E-state index in [0.717, 1.165) is 0 Å². The van der Waals surface area contributed by atoms with Crippen LogP contribution in [-0.4, -0.2) is 15.8 Å². The van der Waals surface area contributed by atoms with Gasteiger partial charge >= 0.3 is 0 Å². The minimum atomic E-state index is -0.486. The molecule has 10 heavy (non-hydrogen) atoms. The van der Waals surface area contributed by atoms with Gasteiger partial charge in [0.25, 0.3) is 5.78 Å². The Hall–Kier alpha value is -1.69. The van der Waals surface area contributed by atoms with E-state index in [1.165, 1.54) is 12.4 Å². The van der Waals surface area contributed by atoms with Gasteiger partial charge in [0.1, 0.15) is 0 Å². The summed E-state index contributed by atoms with van der Waals surface area (Å²) in [5, 5.41) is 0. The van der Waals surface area contributed by atoms with Gasteiger partial charge in [-0.3, -0.25) is 4.79 Å². The van der Waals surface area contributed by atoms with Crippen molar-refractivity contribution in [3.63, 3.8) is 0 Å². The van der Waals surface area contributed by atoms with Gasteiger partial charge < -0.3 is 0 Å². The van der Waals surface area contributed by atoms with Gasteiger partial charge in [-0.05, 0) is 12.0 Å². The molecule has 1 rings (SSSR count). The van der Waals surface area contributed by atoms with Crippen LogP contribution in [0.5, 0.6) is 0 Å². The predicted octanol–water partition coefficient (Wildman–Crippen LogP) is 0.292. The molecule has 0 bridgehead atoms. The molecule has 0 atom stereocenters. The quantitative estimate of drug-likeness (QED) is 0.313. The topological polar surface area (TPSA) is 42.9 Å². The van der Waals surface area contributed by atoms with Gasteiger partial charge in [-0.1, -0.05) is 0 Å². The molecule has 0 radical (unpaired) electrons. The highest BCUT2D eigenvalue weighted by molar-refractivity contribution is 6.05. The maximum absolute atomic E-state index is 10.7. The number of hydrogen-bond donors (Lipinski definition) is 0. The summed E-state index contributed by atoms with van der Waals surface area (Å²) in [5.74, 6) is 1.51. The zero-order valence-corrected chi connectivity index (χ0v) is 5.11. The Balaban J connectivity index is 2.99. The summed E-state index contributed by atoms with van der Waals surface area (Å²) >= 11 is 0. The van der Waals surface area contributed by atoms with Gasteiger partial charge in [-0.2, -0.15) is 0 Å². The van der Waals surface area contributed by atoms with Crippen molar-refractivity contribution in [2.24, 2.45) is 0 Å². The SMILES string of the molecule is C#CC(=O)c1ncccn1. The lowest BCUT2D eigenvalue weighted by Crippen LogP contribution is -2.00. The summed E-state index contributed by atoms with van der Waals surface area (Å²) in [6.07, 6.45) is 7.76. The van der Waals surface area contributed by atoms with Crippen LogP contribution >= 0.6 is 0 Å². The first kappa shape index (κ1) is 6.43. The lowest BCUT2D eigenvalue weighted by molar-refractivity contribution is 0.104. The summed E-state index contributed by atoms with van der Waals surface area (Å²) in [6.45, 7) is 0. The molecule has 0 aliphatic rings. The molecule has 3 heteroatoms. The van der Waals surface area contributed by atoms with Crippen LogP contribution in [0.25, 0.3) is 0 Å². The van der Waals surface area contributed by atoms with Crippen LogP contribution in [-0.2, 0) is 0 Å². The molecular formula is C7H4N2O. The lowest BCUT2D eigenvalue weighted by atomic mass is 10.4. The molecule has 0 spiro atoms. The van der Waals surface area contributed by atoms with Crippen molar-refractivity contribution in [3.05, 3.63) is 24.3 Å². The molecule has 0 fully saturated rings. The number of carbonyl (C=O) groups is 1. The number of nitrogens with zero attached hydrogens (tertiary/aromatic N) is 2. The largest absolute Gasteiger partial charge is 0.276 e. The van der Waals surface area contributed by atoms with Crippen LogP contribution in [0.15, 0.2) is 18.5 Å². The van der Waals surface area contributed by atoms with E-state index in [0.29, 0.717) is 0 Å². The molecule has 0 saturated heterocycles. The molecule has 0 aliphatic carbocycles. The molecular weight excluding hydrogens is 128 g/mol. The molecule has 0 amide bonds. The summed E-state index contributed by atoms with van der Waals surface area (Å²) in [4.78, 5) is 17.9. The van der Waals surface area contributed by atoms with Crippen molar-refractivity contribution < 1.29 is 4.79 Å². The smallest absolute Gasteiger partial charge is 0.272 e. The molecule has 0 N–H and O–H groups in total. The van der Waals surface area contributed by atoms with Crippen molar-refractivity contribution in [1.29, 1.82) is 0 Å². The summed E-state index contributed by atoms with van der Waals surface area (Å²) in [5.41, 5.74) is 0. The first-order chi connectivity index (χ1) is 4.84. The van der Waals surface area contributed by atoms with Crippen LogP contribution in [0.2, 0.25) is 0 Å². The summed E-state index contributed by atoms with van der Waals surface area (Å²) in [7, 11) is 0. The fourth-order valence-corrected chi connectivity index (χ4v) is 0.481. The van der Waals surface area contributed by atoms with E-state index in [9.17, 15) is 4.79 Å². The number of hydrogen-bond acceptors (Lipinski definition) is 3. The Morgan fingerprint density at radius 1 is 1.50 bits per heavy atom. The number of aromatic nitrogens is 2. The monoisotopic (exact) mass is 132 g/mol. The molecule has 48 valence electrons. The molecule has 3 nitrogen and oxygen atoms in total. The van der Waals surface area contributed by atoms with Gasteiger partial charge in [-0.25, -0.2) is 9.97 Å². The van der Waals surface area contributed by atoms with E-state index in [1.807, 2.05) is 5.92 Å². The van der Waals surface area contributed by atoms with Gasteiger partial charge in [-0.15, -0.1) is 6.42 Å². The van der Waals surface area contributed by atoms with E-state index >= 15 is 0 Å². The van der Waals surface area contributed by atoms with Crippen LogP contribution in [0, 0.1) is 12.3 Å². The van der Waals surface area contributed by atoms with Crippen LogP contribution in [0.3, 0.4) is 0 Å². The van der Waals surface area contributed by atoms with Gasteiger partial charge in [0.15, 0.2) is 0 Å². The van der Waals surface area contributed by atoms with Crippen molar-refractivity contribution >= 4 is 5.78 Å². The number of terminal acetylenes is 1. The third-order valence-corrected chi connectivity index (χ3v) is 0.900. The van der Waals surface area contributed by atoms with Crippen molar-refractivity contribution in [2.75, 3.05) is 0 Å². The molecule has 0 aliphatic heterocycles. The molecule has 1 heterocycles. The fourth-order valence-electron chi connectivity index (χ4n) is 0.481. The van der Waals surface area contributed by atoms with E-state index < -0.39 is 5.78 Å². The normalized spacial score (nSPS) is 8.30. The second-order valence-electron chi connectivity index (χ2n) is 1.55. The van der Waals surface area contributed by atoms with Crippen LogP contribution < -0.4 is 0 Å². The number of rotatable bonds is 1. The van der Waals surface area contributed by atoms with Crippen molar-refractivity contribution in [2.45, 2.75) is 0 Å². The minimum Gasteiger partial charge on any atom is -0.276 e. The zero-order chi connectivity index (χ0) is 7.40.